The predicted molar refractivity (Wildman–Crippen MR) is 80.7 cm³/mol. The summed E-state index contributed by atoms with van der Waals surface area (Å²) in [4.78, 5) is 18.6. The molecule has 2 N–H and O–H groups in total. The lowest BCUT2D eigenvalue weighted by molar-refractivity contribution is -0.118. The summed E-state index contributed by atoms with van der Waals surface area (Å²) >= 11 is 0. The van der Waals surface area contributed by atoms with Crippen LogP contribution in [-0.4, -0.2) is 47.1 Å². The van der Waals surface area contributed by atoms with Gasteiger partial charge in [-0.05, 0) is 26.8 Å². The summed E-state index contributed by atoms with van der Waals surface area (Å²) in [5.41, 5.74) is 6.23. The lowest BCUT2D eigenvalue weighted by Gasteiger charge is -2.41. The first-order valence-corrected chi connectivity index (χ1v) is 7.03. The molecule has 0 saturated carbocycles. The standard InChI is InChI=1S/C16H21N3O2/c1-12-10-19(11-16(2,3)21-12)15(20)14-6-8-18-9-13(14)5-4-7-17/h6,8-9,12H,7,10-11,17H2,1-3H3. The van der Waals surface area contributed by atoms with E-state index in [4.69, 9.17) is 10.5 Å². The van der Waals surface area contributed by atoms with E-state index in [1.165, 1.54) is 0 Å². The molecule has 1 unspecified atom stereocenters. The zero-order valence-electron chi connectivity index (χ0n) is 12.7. The summed E-state index contributed by atoms with van der Waals surface area (Å²) in [7, 11) is 0. The minimum Gasteiger partial charge on any atom is -0.369 e. The van der Waals surface area contributed by atoms with Gasteiger partial charge in [-0.25, -0.2) is 0 Å². The molecule has 5 nitrogen and oxygen atoms in total. The average Bonchev–Trinajstić information content (AvgIpc) is 2.42. The number of pyridine rings is 1. The molecule has 1 fully saturated rings. The van der Waals surface area contributed by atoms with Gasteiger partial charge in [0.1, 0.15) is 0 Å². The van der Waals surface area contributed by atoms with E-state index in [9.17, 15) is 4.79 Å². The number of hydrogen-bond donors (Lipinski definition) is 1. The van der Waals surface area contributed by atoms with Crippen LogP contribution in [0.2, 0.25) is 0 Å². The molecule has 1 amide bonds. The zero-order valence-corrected chi connectivity index (χ0v) is 12.7. The van der Waals surface area contributed by atoms with Crippen LogP contribution >= 0.6 is 0 Å². The highest BCUT2D eigenvalue weighted by Crippen LogP contribution is 2.22. The minimum absolute atomic E-state index is 0.0121. The number of aromatic nitrogens is 1. The molecule has 2 rings (SSSR count). The largest absolute Gasteiger partial charge is 0.369 e. The fourth-order valence-electron chi connectivity index (χ4n) is 2.61. The van der Waals surface area contributed by atoms with Crippen molar-refractivity contribution in [3.05, 3.63) is 29.6 Å². The number of rotatable bonds is 1. The molecular weight excluding hydrogens is 266 g/mol. The van der Waals surface area contributed by atoms with Crippen molar-refractivity contribution in [2.45, 2.75) is 32.5 Å². The Labute approximate surface area is 125 Å². The number of hydrogen-bond acceptors (Lipinski definition) is 4. The molecule has 0 bridgehead atoms. The first kappa shape index (κ1) is 15.5. The van der Waals surface area contributed by atoms with Crippen LogP contribution in [0.1, 0.15) is 36.7 Å². The maximum atomic E-state index is 12.8. The van der Waals surface area contributed by atoms with Gasteiger partial charge in [0.05, 0.1) is 29.4 Å². The van der Waals surface area contributed by atoms with Crippen LogP contribution < -0.4 is 5.73 Å². The van der Waals surface area contributed by atoms with Gasteiger partial charge >= 0.3 is 0 Å². The Bertz CT molecular complexity index is 587. The van der Waals surface area contributed by atoms with E-state index in [1.54, 1.807) is 18.5 Å². The molecule has 0 spiro atoms. The summed E-state index contributed by atoms with van der Waals surface area (Å²) in [5, 5.41) is 0. The summed E-state index contributed by atoms with van der Waals surface area (Å²) in [5.74, 6) is 5.64. The predicted octanol–water partition coefficient (Wildman–Crippen LogP) is 1.03. The maximum Gasteiger partial charge on any atom is 0.255 e. The Morgan fingerprint density at radius 3 is 3.05 bits per heavy atom. The molecule has 1 aromatic heterocycles. The van der Waals surface area contributed by atoms with E-state index in [1.807, 2.05) is 25.7 Å². The van der Waals surface area contributed by atoms with Crippen molar-refractivity contribution < 1.29 is 9.53 Å². The van der Waals surface area contributed by atoms with Crippen LogP contribution in [-0.2, 0) is 4.74 Å². The number of ether oxygens (including phenoxy) is 1. The van der Waals surface area contributed by atoms with Gasteiger partial charge in [-0.15, -0.1) is 0 Å². The number of nitrogens with two attached hydrogens (primary N) is 1. The van der Waals surface area contributed by atoms with Gasteiger partial charge in [0.2, 0.25) is 0 Å². The van der Waals surface area contributed by atoms with Crippen LogP contribution in [0, 0.1) is 11.8 Å². The molecule has 1 aliphatic rings. The minimum atomic E-state index is -0.344. The molecule has 2 heterocycles. The molecule has 1 aliphatic heterocycles. The summed E-state index contributed by atoms with van der Waals surface area (Å²) in [6.07, 6.45) is 3.22. The Hall–Kier alpha value is -1.90. The van der Waals surface area contributed by atoms with Gasteiger partial charge in [-0.1, -0.05) is 11.8 Å². The van der Waals surface area contributed by atoms with Crippen molar-refractivity contribution in [3.63, 3.8) is 0 Å². The topological polar surface area (TPSA) is 68.5 Å². The number of morpholine rings is 1. The lowest BCUT2D eigenvalue weighted by Crippen LogP contribution is -2.53. The molecule has 21 heavy (non-hydrogen) atoms. The van der Waals surface area contributed by atoms with Crippen molar-refractivity contribution in [2.24, 2.45) is 5.73 Å². The van der Waals surface area contributed by atoms with Crippen LogP contribution in [0.3, 0.4) is 0 Å². The van der Waals surface area contributed by atoms with Gasteiger partial charge in [-0.2, -0.15) is 0 Å². The maximum absolute atomic E-state index is 12.8. The average molecular weight is 287 g/mol. The fraction of sp³-hybridized carbons (Fsp3) is 0.500. The van der Waals surface area contributed by atoms with Crippen LogP contribution in [0.25, 0.3) is 0 Å². The van der Waals surface area contributed by atoms with Crippen LogP contribution in [0.15, 0.2) is 18.5 Å². The molecule has 1 saturated heterocycles. The van der Waals surface area contributed by atoms with Crippen molar-refractivity contribution >= 4 is 5.91 Å². The monoisotopic (exact) mass is 287 g/mol. The molecule has 0 radical (unpaired) electrons. The van der Waals surface area contributed by atoms with Gasteiger partial charge in [-0.3, -0.25) is 9.78 Å². The Morgan fingerprint density at radius 1 is 1.62 bits per heavy atom. The van der Waals surface area contributed by atoms with Crippen LogP contribution in [0.4, 0.5) is 0 Å². The Morgan fingerprint density at radius 2 is 2.38 bits per heavy atom. The molecular formula is C16H21N3O2. The molecule has 112 valence electrons. The third-order valence-corrected chi connectivity index (χ3v) is 3.23. The molecule has 1 atom stereocenters. The van der Waals surface area contributed by atoms with E-state index in [0.717, 1.165) is 0 Å². The van der Waals surface area contributed by atoms with Crippen LogP contribution in [0.5, 0.6) is 0 Å². The summed E-state index contributed by atoms with van der Waals surface area (Å²) in [6, 6.07) is 1.70. The third-order valence-electron chi connectivity index (χ3n) is 3.23. The molecule has 0 aromatic carbocycles. The van der Waals surface area contributed by atoms with E-state index in [-0.39, 0.29) is 24.2 Å². The van der Waals surface area contributed by atoms with Crippen molar-refractivity contribution in [1.29, 1.82) is 0 Å². The van der Waals surface area contributed by atoms with Crippen molar-refractivity contribution in [1.82, 2.24) is 9.88 Å². The second-order valence-electron chi connectivity index (χ2n) is 5.80. The van der Waals surface area contributed by atoms with E-state index in [2.05, 4.69) is 16.8 Å². The smallest absolute Gasteiger partial charge is 0.255 e. The van der Waals surface area contributed by atoms with E-state index in [0.29, 0.717) is 24.2 Å². The molecule has 5 heteroatoms. The SMILES string of the molecule is CC1CN(C(=O)c2ccncc2C#CCN)CC(C)(C)O1. The third kappa shape index (κ3) is 3.81. The number of nitrogens with zero attached hydrogens (tertiary/aromatic N) is 2. The Kier molecular flexibility index (Phi) is 4.61. The lowest BCUT2D eigenvalue weighted by atomic mass is 10.0. The first-order chi connectivity index (χ1) is 9.93. The van der Waals surface area contributed by atoms with Gasteiger partial charge in [0, 0.05) is 25.5 Å². The second kappa shape index (κ2) is 6.25. The highest BCUT2D eigenvalue weighted by atomic mass is 16.5. The number of amides is 1. The van der Waals surface area contributed by atoms with E-state index >= 15 is 0 Å². The number of carbonyl (C=O) groups excluding carboxylic acids is 1. The van der Waals surface area contributed by atoms with Gasteiger partial charge in [0.25, 0.3) is 5.91 Å². The fourth-order valence-corrected chi connectivity index (χ4v) is 2.61. The van der Waals surface area contributed by atoms with Gasteiger partial charge < -0.3 is 15.4 Å². The summed E-state index contributed by atoms with van der Waals surface area (Å²) in [6.45, 7) is 7.35. The highest BCUT2D eigenvalue weighted by molar-refractivity contribution is 5.96. The normalized spacial score (nSPS) is 20.6. The molecule has 1 aromatic rings. The van der Waals surface area contributed by atoms with Crippen molar-refractivity contribution in [3.8, 4) is 11.8 Å². The van der Waals surface area contributed by atoms with E-state index < -0.39 is 0 Å². The second-order valence-corrected chi connectivity index (χ2v) is 5.80. The first-order valence-electron chi connectivity index (χ1n) is 7.03. The Balaban J connectivity index is 2.28. The highest BCUT2D eigenvalue weighted by Gasteiger charge is 2.34. The zero-order chi connectivity index (χ0) is 15.5. The molecule has 0 aliphatic carbocycles. The van der Waals surface area contributed by atoms with Gasteiger partial charge in [0.15, 0.2) is 0 Å². The summed E-state index contributed by atoms with van der Waals surface area (Å²) < 4.78 is 5.83. The number of carbonyl (C=O) groups is 1. The van der Waals surface area contributed by atoms with Crippen molar-refractivity contribution in [2.75, 3.05) is 19.6 Å². The quantitative estimate of drug-likeness (QED) is 0.783.